The van der Waals surface area contributed by atoms with E-state index >= 15 is 0 Å². The summed E-state index contributed by atoms with van der Waals surface area (Å²) in [6, 6.07) is 13.3. The van der Waals surface area contributed by atoms with Crippen LogP contribution in [0, 0.1) is 0 Å². The Labute approximate surface area is 167 Å². The molecule has 1 fully saturated rings. The highest BCUT2D eigenvalue weighted by atomic mass is 32.2. The average molecular weight is 424 g/mol. The number of carbonyl (C=O) groups excluding carboxylic acids is 1. The number of halogens is 3. The van der Waals surface area contributed by atoms with E-state index in [-0.39, 0.29) is 32.1 Å². The van der Waals surface area contributed by atoms with Gasteiger partial charge in [-0.3, -0.25) is 4.79 Å². The van der Waals surface area contributed by atoms with Crippen LogP contribution in [0.2, 0.25) is 0 Å². The number of hydrogen-bond donors (Lipinski definition) is 0. The van der Waals surface area contributed by atoms with Gasteiger partial charge in [0.1, 0.15) is 0 Å². The Morgan fingerprint density at radius 3 is 2.10 bits per heavy atom. The molecule has 0 saturated carbocycles. The standard InChI is InChI=1S/C20H19F3N2O3S/c21-20(22,23)17-8-4-5-9-18(17)29(27,28)25-14-12-24(13-15-25)19(26)11-10-16-6-2-1-3-7-16/h1-11H,12-15H2. The van der Waals surface area contributed by atoms with Gasteiger partial charge in [-0.2, -0.15) is 17.5 Å². The summed E-state index contributed by atoms with van der Waals surface area (Å²) in [4.78, 5) is 13.0. The van der Waals surface area contributed by atoms with Gasteiger partial charge < -0.3 is 4.90 Å². The fraction of sp³-hybridized carbons (Fsp3) is 0.250. The van der Waals surface area contributed by atoms with Gasteiger partial charge in [0.2, 0.25) is 15.9 Å². The van der Waals surface area contributed by atoms with Crippen LogP contribution in [0.5, 0.6) is 0 Å². The highest BCUT2D eigenvalue weighted by Gasteiger charge is 2.39. The van der Waals surface area contributed by atoms with Crippen LogP contribution in [0.4, 0.5) is 13.2 Å². The molecular formula is C20H19F3N2O3S. The predicted octanol–water partition coefficient (Wildman–Crippen LogP) is 3.25. The summed E-state index contributed by atoms with van der Waals surface area (Å²) >= 11 is 0. The van der Waals surface area contributed by atoms with E-state index in [1.54, 1.807) is 6.08 Å². The molecular weight excluding hydrogens is 405 g/mol. The van der Waals surface area contributed by atoms with Gasteiger partial charge in [0.05, 0.1) is 10.5 Å². The predicted molar refractivity (Wildman–Crippen MR) is 102 cm³/mol. The molecule has 0 N–H and O–H groups in total. The lowest BCUT2D eigenvalue weighted by Crippen LogP contribution is -2.50. The third kappa shape index (κ3) is 4.86. The van der Waals surface area contributed by atoms with Gasteiger partial charge in [-0.1, -0.05) is 42.5 Å². The Hall–Kier alpha value is -2.65. The molecule has 1 aliphatic rings. The van der Waals surface area contributed by atoms with Gasteiger partial charge in [-0.25, -0.2) is 8.42 Å². The number of amides is 1. The van der Waals surface area contributed by atoms with E-state index in [1.165, 1.54) is 17.0 Å². The Balaban J connectivity index is 1.69. The highest BCUT2D eigenvalue weighted by molar-refractivity contribution is 7.89. The van der Waals surface area contributed by atoms with Crippen molar-refractivity contribution in [3.63, 3.8) is 0 Å². The van der Waals surface area contributed by atoms with Crippen molar-refractivity contribution in [3.05, 3.63) is 71.8 Å². The zero-order valence-electron chi connectivity index (χ0n) is 15.3. The van der Waals surface area contributed by atoms with Crippen LogP contribution in [0.15, 0.2) is 65.6 Å². The van der Waals surface area contributed by atoms with Gasteiger partial charge in [0.15, 0.2) is 0 Å². The van der Waals surface area contributed by atoms with E-state index in [4.69, 9.17) is 0 Å². The van der Waals surface area contributed by atoms with Crippen molar-refractivity contribution in [2.45, 2.75) is 11.1 Å². The van der Waals surface area contributed by atoms with E-state index in [0.29, 0.717) is 0 Å². The lowest BCUT2D eigenvalue weighted by molar-refractivity contribution is -0.139. The molecule has 154 valence electrons. The number of alkyl halides is 3. The minimum absolute atomic E-state index is 0.0700. The third-order valence-electron chi connectivity index (χ3n) is 4.58. The number of carbonyl (C=O) groups is 1. The Kier molecular flexibility index (Phi) is 6.09. The van der Waals surface area contributed by atoms with E-state index < -0.39 is 26.7 Å². The molecule has 3 rings (SSSR count). The van der Waals surface area contributed by atoms with Gasteiger partial charge in [0.25, 0.3) is 0 Å². The molecule has 0 aromatic heterocycles. The number of hydrogen-bond acceptors (Lipinski definition) is 3. The van der Waals surface area contributed by atoms with Crippen molar-refractivity contribution in [2.75, 3.05) is 26.2 Å². The minimum atomic E-state index is -4.77. The highest BCUT2D eigenvalue weighted by Crippen LogP contribution is 2.35. The van der Waals surface area contributed by atoms with Crippen molar-refractivity contribution in [2.24, 2.45) is 0 Å². The van der Waals surface area contributed by atoms with Gasteiger partial charge in [-0.05, 0) is 23.8 Å². The summed E-state index contributed by atoms with van der Waals surface area (Å²) in [5, 5.41) is 0. The topological polar surface area (TPSA) is 57.7 Å². The molecule has 1 saturated heterocycles. The monoisotopic (exact) mass is 424 g/mol. The van der Waals surface area contributed by atoms with Crippen LogP contribution >= 0.6 is 0 Å². The molecule has 0 bridgehead atoms. The first kappa shape index (κ1) is 21.1. The second-order valence-electron chi connectivity index (χ2n) is 6.47. The SMILES string of the molecule is O=C(C=Cc1ccccc1)N1CCN(S(=O)(=O)c2ccccc2C(F)(F)F)CC1. The molecule has 0 atom stereocenters. The van der Waals surface area contributed by atoms with Gasteiger partial charge >= 0.3 is 6.18 Å². The van der Waals surface area contributed by atoms with Crippen LogP contribution in [-0.4, -0.2) is 49.7 Å². The molecule has 0 spiro atoms. The van der Waals surface area contributed by atoms with Crippen LogP contribution in [0.1, 0.15) is 11.1 Å². The summed E-state index contributed by atoms with van der Waals surface area (Å²) in [6.07, 6.45) is -1.72. The van der Waals surface area contributed by atoms with Crippen molar-refractivity contribution in [3.8, 4) is 0 Å². The Morgan fingerprint density at radius 1 is 0.897 bits per heavy atom. The maximum absolute atomic E-state index is 13.2. The molecule has 9 heteroatoms. The number of piperazine rings is 1. The lowest BCUT2D eigenvalue weighted by atomic mass is 10.2. The second kappa shape index (κ2) is 8.38. The van der Waals surface area contributed by atoms with E-state index in [1.807, 2.05) is 30.3 Å². The maximum atomic E-state index is 13.2. The first-order chi connectivity index (χ1) is 13.7. The summed E-state index contributed by atoms with van der Waals surface area (Å²) in [5.41, 5.74) is -0.338. The first-order valence-corrected chi connectivity index (χ1v) is 10.3. The van der Waals surface area contributed by atoms with Gasteiger partial charge in [-0.15, -0.1) is 0 Å². The smallest absolute Gasteiger partial charge is 0.337 e. The number of sulfonamides is 1. The Bertz CT molecular complexity index is 997. The fourth-order valence-corrected chi connectivity index (χ4v) is 4.69. The zero-order valence-corrected chi connectivity index (χ0v) is 16.2. The third-order valence-corrected chi connectivity index (χ3v) is 6.54. The molecule has 2 aromatic rings. The number of benzene rings is 2. The minimum Gasteiger partial charge on any atom is -0.337 e. The van der Waals surface area contributed by atoms with Gasteiger partial charge in [0, 0.05) is 32.3 Å². The van der Waals surface area contributed by atoms with Crippen molar-refractivity contribution in [1.82, 2.24) is 9.21 Å². The van der Waals surface area contributed by atoms with E-state index in [9.17, 15) is 26.4 Å². The molecule has 1 amide bonds. The second-order valence-corrected chi connectivity index (χ2v) is 8.37. The summed E-state index contributed by atoms with van der Waals surface area (Å²) < 4.78 is 66.1. The lowest BCUT2D eigenvalue weighted by Gasteiger charge is -2.33. The van der Waals surface area contributed by atoms with Crippen molar-refractivity contribution in [1.29, 1.82) is 0 Å². The summed E-state index contributed by atoms with van der Waals surface area (Å²) in [7, 11) is -4.32. The van der Waals surface area contributed by atoms with Crippen LogP contribution in [0.3, 0.4) is 0 Å². The molecule has 2 aromatic carbocycles. The summed E-state index contributed by atoms with van der Waals surface area (Å²) in [6.45, 7) is 0.0651. The van der Waals surface area contributed by atoms with Crippen LogP contribution in [0.25, 0.3) is 6.08 Å². The van der Waals surface area contributed by atoms with E-state index in [2.05, 4.69) is 0 Å². The molecule has 0 aliphatic carbocycles. The molecule has 5 nitrogen and oxygen atoms in total. The molecule has 0 radical (unpaired) electrons. The molecule has 1 aliphatic heterocycles. The Morgan fingerprint density at radius 2 is 1.48 bits per heavy atom. The largest absolute Gasteiger partial charge is 0.417 e. The fourth-order valence-electron chi connectivity index (χ4n) is 3.05. The van der Waals surface area contributed by atoms with Crippen molar-refractivity contribution >= 4 is 22.0 Å². The maximum Gasteiger partial charge on any atom is 0.417 e. The first-order valence-electron chi connectivity index (χ1n) is 8.88. The molecule has 0 unspecified atom stereocenters. The van der Waals surface area contributed by atoms with Crippen molar-refractivity contribution < 1.29 is 26.4 Å². The van der Waals surface area contributed by atoms with Crippen LogP contribution in [-0.2, 0) is 21.0 Å². The van der Waals surface area contributed by atoms with E-state index in [0.717, 1.165) is 28.1 Å². The molecule has 1 heterocycles. The number of rotatable bonds is 4. The molecule has 29 heavy (non-hydrogen) atoms. The normalized spacial score (nSPS) is 16.3. The number of nitrogens with zero attached hydrogens (tertiary/aromatic N) is 2. The van der Waals surface area contributed by atoms with Crippen LogP contribution < -0.4 is 0 Å². The quantitative estimate of drug-likeness (QED) is 0.708. The summed E-state index contributed by atoms with van der Waals surface area (Å²) in [5.74, 6) is -0.276. The average Bonchev–Trinajstić information content (AvgIpc) is 2.72. The zero-order chi connectivity index (χ0) is 21.1.